The summed E-state index contributed by atoms with van der Waals surface area (Å²) in [6.45, 7) is 2.67. The van der Waals surface area contributed by atoms with Gasteiger partial charge in [0.2, 0.25) is 0 Å². The second-order valence-corrected chi connectivity index (χ2v) is 4.40. The molecule has 1 rings (SSSR count). The summed E-state index contributed by atoms with van der Waals surface area (Å²) in [6, 6.07) is 8.66. The highest BCUT2D eigenvalue weighted by Crippen LogP contribution is 2.01. The minimum atomic E-state index is -1.01. The van der Waals surface area contributed by atoms with Gasteiger partial charge < -0.3 is 19.9 Å². The molecule has 1 unspecified atom stereocenters. The summed E-state index contributed by atoms with van der Waals surface area (Å²) >= 11 is 0. The zero-order chi connectivity index (χ0) is 15.5. The Hall–Kier alpha value is -1.92. The molecule has 2 N–H and O–H groups in total. The van der Waals surface area contributed by atoms with Gasteiger partial charge in [-0.15, -0.1) is 0 Å². The van der Waals surface area contributed by atoms with Crippen LogP contribution in [0.3, 0.4) is 0 Å². The molecule has 0 saturated heterocycles. The molecule has 0 bridgehead atoms. The number of carboxylic acids is 1. The standard InChI is InChI=1S/C15H21NO5/c1-2-21-14(17)8-9-16-13(15(18)19)11-20-10-12-6-4-3-5-7-12/h3-7,13,16H,2,8-11H2,1H3,(H,18,19). The van der Waals surface area contributed by atoms with Crippen molar-refractivity contribution in [3.8, 4) is 0 Å². The van der Waals surface area contributed by atoms with Crippen LogP contribution in [0.4, 0.5) is 0 Å². The van der Waals surface area contributed by atoms with Gasteiger partial charge in [-0.3, -0.25) is 9.59 Å². The molecule has 0 spiro atoms. The monoisotopic (exact) mass is 295 g/mol. The van der Waals surface area contributed by atoms with E-state index in [9.17, 15) is 9.59 Å². The second-order valence-electron chi connectivity index (χ2n) is 4.40. The second kappa shape index (κ2) is 9.90. The number of hydrogen-bond acceptors (Lipinski definition) is 5. The number of rotatable bonds is 10. The van der Waals surface area contributed by atoms with Gasteiger partial charge in [0.1, 0.15) is 6.04 Å². The molecule has 0 aromatic heterocycles. The maximum Gasteiger partial charge on any atom is 0.323 e. The van der Waals surface area contributed by atoms with Gasteiger partial charge in [0.15, 0.2) is 0 Å². The Bertz CT molecular complexity index is 435. The summed E-state index contributed by atoms with van der Waals surface area (Å²) in [7, 11) is 0. The summed E-state index contributed by atoms with van der Waals surface area (Å²) in [4.78, 5) is 22.2. The zero-order valence-corrected chi connectivity index (χ0v) is 12.1. The van der Waals surface area contributed by atoms with Gasteiger partial charge in [-0.2, -0.15) is 0 Å². The lowest BCUT2D eigenvalue weighted by Gasteiger charge is -2.14. The molecular weight excluding hydrogens is 274 g/mol. The van der Waals surface area contributed by atoms with Gasteiger partial charge >= 0.3 is 11.9 Å². The molecule has 0 radical (unpaired) electrons. The molecule has 1 aromatic rings. The van der Waals surface area contributed by atoms with E-state index >= 15 is 0 Å². The molecule has 0 amide bonds. The fourth-order valence-electron chi connectivity index (χ4n) is 1.67. The minimum absolute atomic E-state index is 0.0348. The van der Waals surface area contributed by atoms with Crippen molar-refractivity contribution in [3.63, 3.8) is 0 Å². The van der Waals surface area contributed by atoms with Crippen molar-refractivity contribution in [1.82, 2.24) is 5.32 Å². The Morgan fingerprint density at radius 3 is 2.62 bits per heavy atom. The zero-order valence-electron chi connectivity index (χ0n) is 12.1. The van der Waals surface area contributed by atoms with Crippen molar-refractivity contribution in [3.05, 3.63) is 35.9 Å². The van der Waals surface area contributed by atoms with Crippen LogP contribution in [-0.4, -0.2) is 42.8 Å². The Morgan fingerprint density at radius 1 is 1.29 bits per heavy atom. The van der Waals surface area contributed by atoms with Crippen LogP contribution in [0, 0.1) is 0 Å². The maximum absolute atomic E-state index is 11.2. The van der Waals surface area contributed by atoms with Gasteiger partial charge in [-0.25, -0.2) is 0 Å². The molecule has 0 aliphatic carbocycles. The number of nitrogens with one attached hydrogen (secondary N) is 1. The predicted octanol–water partition coefficient (Wildman–Crippen LogP) is 1.20. The highest BCUT2D eigenvalue weighted by molar-refractivity contribution is 5.74. The van der Waals surface area contributed by atoms with Crippen molar-refractivity contribution >= 4 is 11.9 Å². The molecule has 21 heavy (non-hydrogen) atoms. The van der Waals surface area contributed by atoms with Crippen LogP contribution in [0.2, 0.25) is 0 Å². The number of aliphatic carboxylic acids is 1. The molecule has 1 aromatic carbocycles. The van der Waals surface area contributed by atoms with Crippen LogP contribution in [0.1, 0.15) is 18.9 Å². The van der Waals surface area contributed by atoms with Gasteiger partial charge in [-0.05, 0) is 12.5 Å². The van der Waals surface area contributed by atoms with Crippen molar-refractivity contribution in [2.24, 2.45) is 0 Å². The van der Waals surface area contributed by atoms with E-state index in [1.165, 1.54) is 0 Å². The minimum Gasteiger partial charge on any atom is -0.480 e. The van der Waals surface area contributed by atoms with E-state index in [1.54, 1.807) is 6.92 Å². The third-order valence-electron chi connectivity index (χ3n) is 2.72. The third-order valence-corrected chi connectivity index (χ3v) is 2.72. The number of carboxylic acid groups (broad SMARTS) is 1. The highest BCUT2D eigenvalue weighted by atomic mass is 16.5. The summed E-state index contributed by atoms with van der Waals surface area (Å²) in [5, 5.41) is 11.8. The molecule has 0 fully saturated rings. The summed E-state index contributed by atoms with van der Waals surface area (Å²) in [6.07, 6.45) is 0.135. The first-order chi connectivity index (χ1) is 10.1. The lowest BCUT2D eigenvalue weighted by Crippen LogP contribution is -2.41. The maximum atomic E-state index is 11.2. The lowest BCUT2D eigenvalue weighted by atomic mass is 10.2. The lowest BCUT2D eigenvalue weighted by molar-refractivity contribution is -0.144. The van der Waals surface area contributed by atoms with Crippen LogP contribution < -0.4 is 5.32 Å². The first kappa shape index (κ1) is 17.1. The fourth-order valence-corrected chi connectivity index (χ4v) is 1.67. The largest absolute Gasteiger partial charge is 0.480 e. The van der Waals surface area contributed by atoms with Crippen LogP contribution in [0.25, 0.3) is 0 Å². The van der Waals surface area contributed by atoms with E-state index in [0.29, 0.717) is 13.2 Å². The number of carbonyl (C=O) groups excluding carboxylic acids is 1. The van der Waals surface area contributed by atoms with Crippen molar-refractivity contribution in [2.75, 3.05) is 19.8 Å². The van der Waals surface area contributed by atoms with E-state index in [2.05, 4.69) is 5.32 Å². The average molecular weight is 295 g/mol. The molecule has 116 valence electrons. The Morgan fingerprint density at radius 2 is 2.00 bits per heavy atom. The molecule has 1 atom stereocenters. The topological polar surface area (TPSA) is 84.9 Å². The van der Waals surface area contributed by atoms with Gasteiger partial charge in [-0.1, -0.05) is 30.3 Å². The van der Waals surface area contributed by atoms with Crippen molar-refractivity contribution < 1.29 is 24.2 Å². The fraction of sp³-hybridized carbons (Fsp3) is 0.467. The van der Waals surface area contributed by atoms with Crippen LogP contribution in [0.5, 0.6) is 0 Å². The molecular formula is C15H21NO5. The van der Waals surface area contributed by atoms with E-state index < -0.39 is 12.0 Å². The number of benzene rings is 1. The van der Waals surface area contributed by atoms with Crippen molar-refractivity contribution in [2.45, 2.75) is 26.0 Å². The SMILES string of the molecule is CCOC(=O)CCNC(COCc1ccccc1)C(=O)O. The third kappa shape index (κ3) is 7.43. The van der Waals surface area contributed by atoms with Gasteiger partial charge in [0.05, 0.1) is 26.2 Å². The molecule has 6 heteroatoms. The van der Waals surface area contributed by atoms with Crippen molar-refractivity contribution in [1.29, 1.82) is 0 Å². The van der Waals surface area contributed by atoms with E-state index in [-0.39, 0.29) is 25.5 Å². The normalized spacial score (nSPS) is 11.9. The van der Waals surface area contributed by atoms with Crippen LogP contribution in [0.15, 0.2) is 30.3 Å². The van der Waals surface area contributed by atoms with Crippen LogP contribution >= 0.6 is 0 Å². The molecule has 6 nitrogen and oxygen atoms in total. The first-order valence-corrected chi connectivity index (χ1v) is 6.87. The molecule has 0 saturated carbocycles. The molecule has 0 aliphatic rings. The van der Waals surface area contributed by atoms with Gasteiger partial charge in [0.25, 0.3) is 0 Å². The predicted molar refractivity (Wildman–Crippen MR) is 76.8 cm³/mol. The Labute approximate surface area is 124 Å². The quantitative estimate of drug-likeness (QED) is 0.631. The van der Waals surface area contributed by atoms with E-state index in [0.717, 1.165) is 5.56 Å². The van der Waals surface area contributed by atoms with E-state index in [1.807, 2.05) is 30.3 Å². The summed E-state index contributed by atoms with van der Waals surface area (Å²) in [5.74, 6) is -1.36. The molecule has 0 heterocycles. The van der Waals surface area contributed by atoms with E-state index in [4.69, 9.17) is 14.6 Å². The first-order valence-electron chi connectivity index (χ1n) is 6.87. The smallest absolute Gasteiger partial charge is 0.323 e. The number of ether oxygens (including phenoxy) is 2. The van der Waals surface area contributed by atoms with Gasteiger partial charge in [0, 0.05) is 6.54 Å². The van der Waals surface area contributed by atoms with Crippen LogP contribution in [-0.2, 0) is 25.7 Å². The number of carbonyl (C=O) groups is 2. The summed E-state index contributed by atoms with van der Waals surface area (Å²) < 4.78 is 10.2. The Balaban J connectivity index is 2.27. The molecule has 0 aliphatic heterocycles. The average Bonchev–Trinajstić information content (AvgIpc) is 2.47. The highest BCUT2D eigenvalue weighted by Gasteiger charge is 2.17. The Kier molecular flexibility index (Phi) is 8.08. The number of hydrogen-bond donors (Lipinski definition) is 2. The number of esters is 1. The summed E-state index contributed by atoms with van der Waals surface area (Å²) in [5.41, 5.74) is 0.980.